The number of halogens is 2. The summed E-state index contributed by atoms with van der Waals surface area (Å²) in [5, 5.41) is 10.3. The lowest BCUT2D eigenvalue weighted by atomic mass is 9.97. The lowest BCUT2D eigenvalue weighted by molar-refractivity contribution is 0.223. The van der Waals surface area contributed by atoms with Crippen molar-refractivity contribution < 1.29 is 13.7 Å². The number of benzene rings is 1. The highest BCUT2D eigenvalue weighted by molar-refractivity contribution is 14.0. The van der Waals surface area contributed by atoms with Crippen LogP contribution in [0.1, 0.15) is 46.3 Å². The van der Waals surface area contributed by atoms with Gasteiger partial charge >= 0.3 is 0 Å². The molecule has 0 saturated carbocycles. The molecule has 1 heterocycles. The molecule has 1 atom stereocenters. The van der Waals surface area contributed by atoms with Crippen LogP contribution in [0.4, 0.5) is 4.39 Å². The molecule has 0 amide bonds. The Bertz CT molecular complexity index is 761. The fourth-order valence-corrected chi connectivity index (χ4v) is 2.17. The summed E-state index contributed by atoms with van der Waals surface area (Å²) in [4.78, 5) is 8.84. The van der Waals surface area contributed by atoms with E-state index in [0.717, 1.165) is 0 Å². The van der Waals surface area contributed by atoms with Gasteiger partial charge in [-0.2, -0.15) is 4.98 Å². The molecule has 0 aliphatic carbocycles. The Labute approximate surface area is 182 Å². The minimum atomic E-state index is -0.322. The molecular weight excluding hydrogens is 476 g/mol. The second-order valence-electron chi connectivity index (χ2n) is 7.23. The van der Waals surface area contributed by atoms with Crippen molar-refractivity contribution >= 4 is 29.9 Å². The smallest absolute Gasteiger partial charge is 0.232 e. The minimum absolute atomic E-state index is 0. The van der Waals surface area contributed by atoms with Gasteiger partial charge in [0.1, 0.15) is 24.2 Å². The molecule has 2 aromatic rings. The summed E-state index contributed by atoms with van der Waals surface area (Å²) in [6.45, 7) is 11.4. The number of hydrogen-bond acceptors (Lipinski definition) is 5. The third-order valence-corrected chi connectivity index (χ3v) is 3.52. The Morgan fingerprint density at radius 2 is 2.07 bits per heavy atom. The van der Waals surface area contributed by atoms with Crippen molar-refractivity contribution in [2.45, 2.75) is 52.7 Å². The number of aliphatic imine (C=N–C) groups is 1. The van der Waals surface area contributed by atoms with E-state index in [9.17, 15) is 4.39 Å². The van der Waals surface area contributed by atoms with Gasteiger partial charge in [0, 0.05) is 18.0 Å². The average Bonchev–Trinajstić information content (AvgIpc) is 3.07. The predicted octanol–water partition coefficient (Wildman–Crippen LogP) is 3.65. The van der Waals surface area contributed by atoms with Crippen LogP contribution in [-0.4, -0.2) is 35.3 Å². The molecule has 2 N–H and O–H groups in total. The van der Waals surface area contributed by atoms with Crippen molar-refractivity contribution in [2.75, 3.05) is 13.1 Å². The van der Waals surface area contributed by atoms with Crippen LogP contribution in [0.5, 0.6) is 5.75 Å². The zero-order chi connectivity index (χ0) is 19.9. The number of rotatable bonds is 7. The van der Waals surface area contributed by atoms with Gasteiger partial charge in [0.2, 0.25) is 5.89 Å². The molecule has 0 saturated heterocycles. The first kappa shape index (κ1) is 24.1. The van der Waals surface area contributed by atoms with Gasteiger partial charge in [-0.3, -0.25) is 0 Å². The number of guanidine groups is 1. The molecule has 0 fully saturated rings. The zero-order valence-electron chi connectivity index (χ0n) is 17.0. The standard InChI is InChI=1S/C19H28FN5O2.HI/c1-6-21-18(23-12-16-24-17(27-25-16)19(3,4)5)22-11-13(2)26-15-9-7-8-14(20)10-15;/h7-10,13H,6,11-12H2,1-5H3,(H2,21,22,23);1H. The predicted molar refractivity (Wildman–Crippen MR) is 118 cm³/mol. The van der Waals surface area contributed by atoms with E-state index in [1.807, 2.05) is 34.6 Å². The summed E-state index contributed by atoms with van der Waals surface area (Å²) in [6.07, 6.45) is -0.173. The van der Waals surface area contributed by atoms with Crippen LogP contribution in [0.25, 0.3) is 0 Å². The molecule has 1 aromatic carbocycles. The molecule has 0 radical (unpaired) electrons. The zero-order valence-corrected chi connectivity index (χ0v) is 19.3. The Morgan fingerprint density at radius 3 is 2.68 bits per heavy atom. The Kier molecular flexibility index (Phi) is 9.63. The van der Waals surface area contributed by atoms with Gasteiger partial charge in [0.25, 0.3) is 0 Å². The van der Waals surface area contributed by atoms with Crippen molar-refractivity contribution in [2.24, 2.45) is 4.99 Å². The normalized spacial score (nSPS) is 12.9. The summed E-state index contributed by atoms with van der Waals surface area (Å²) in [6, 6.07) is 6.09. The molecule has 1 aromatic heterocycles. The quantitative estimate of drug-likeness (QED) is 0.340. The Hall–Kier alpha value is -1.91. The van der Waals surface area contributed by atoms with Crippen LogP contribution >= 0.6 is 24.0 Å². The highest BCUT2D eigenvalue weighted by Gasteiger charge is 2.21. The van der Waals surface area contributed by atoms with E-state index in [4.69, 9.17) is 9.26 Å². The van der Waals surface area contributed by atoms with E-state index in [2.05, 4.69) is 25.8 Å². The van der Waals surface area contributed by atoms with E-state index in [-0.39, 0.29) is 41.3 Å². The van der Waals surface area contributed by atoms with Gasteiger partial charge in [0.05, 0.1) is 6.54 Å². The number of nitrogens with zero attached hydrogens (tertiary/aromatic N) is 3. The maximum absolute atomic E-state index is 13.2. The number of hydrogen-bond donors (Lipinski definition) is 2. The Morgan fingerprint density at radius 1 is 1.32 bits per heavy atom. The molecule has 156 valence electrons. The summed E-state index contributed by atoms with van der Waals surface area (Å²) < 4.78 is 24.2. The molecular formula is C19H29FIN5O2. The number of ether oxygens (including phenoxy) is 1. The summed E-state index contributed by atoms with van der Waals surface area (Å²) in [5.41, 5.74) is -0.193. The topological polar surface area (TPSA) is 84.6 Å². The third-order valence-electron chi connectivity index (χ3n) is 3.52. The van der Waals surface area contributed by atoms with Crippen LogP contribution in [0, 0.1) is 5.82 Å². The van der Waals surface area contributed by atoms with Crippen molar-refractivity contribution in [3.8, 4) is 5.75 Å². The molecule has 0 spiro atoms. The molecule has 7 nitrogen and oxygen atoms in total. The minimum Gasteiger partial charge on any atom is -0.489 e. The number of nitrogens with one attached hydrogen (secondary N) is 2. The lowest BCUT2D eigenvalue weighted by Gasteiger charge is -2.17. The van der Waals surface area contributed by atoms with E-state index >= 15 is 0 Å². The molecule has 1 unspecified atom stereocenters. The molecule has 2 rings (SSSR count). The van der Waals surface area contributed by atoms with E-state index in [1.165, 1.54) is 12.1 Å². The summed E-state index contributed by atoms with van der Waals surface area (Å²) in [5.74, 6) is 1.91. The molecule has 0 aliphatic rings. The SMILES string of the molecule is CCNC(=NCc1noc(C(C)(C)C)n1)NCC(C)Oc1cccc(F)c1.I. The van der Waals surface area contributed by atoms with E-state index < -0.39 is 0 Å². The van der Waals surface area contributed by atoms with Crippen LogP contribution in [0.15, 0.2) is 33.8 Å². The monoisotopic (exact) mass is 505 g/mol. The maximum atomic E-state index is 13.2. The highest BCUT2D eigenvalue weighted by atomic mass is 127. The van der Waals surface area contributed by atoms with Crippen LogP contribution in [0.2, 0.25) is 0 Å². The molecule has 9 heteroatoms. The largest absolute Gasteiger partial charge is 0.489 e. The first-order chi connectivity index (χ1) is 12.8. The van der Waals surface area contributed by atoms with Gasteiger partial charge in [-0.25, -0.2) is 9.38 Å². The third kappa shape index (κ3) is 7.99. The van der Waals surface area contributed by atoms with Gasteiger partial charge in [-0.05, 0) is 26.0 Å². The summed E-state index contributed by atoms with van der Waals surface area (Å²) >= 11 is 0. The second-order valence-corrected chi connectivity index (χ2v) is 7.23. The van der Waals surface area contributed by atoms with Gasteiger partial charge in [-0.1, -0.05) is 32.0 Å². The first-order valence-corrected chi connectivity index (χ1v) is 9.05. The maximum Gasteiger partial charge on any atom is 0.232 e. The Balaban J connectivity index is 0.00000392. The summed E-state index contributed by atoms with van der Waals surface area (Å²) in [7, 11) is 0. The van der Waals surface area contributed by atoms with Gasteiger partial charge in [-0.15, -0.1) is 24.0 Å². The van der Waals surface area contributed by atoms with Crippen molar-refractivity contribution in [3.63, 3.8) is 0 Å². The van der Waals surface area contributed by atoms with Crippen molar-refractivity contribution in [3.05, 3.63) is 41.8 Å². The molecule has 0 bridgehead atoms. The highest BCUT2D eigenvalue weighted by Crippen LogP contribution is 2.19. The van der Waals surface area contributed by atoms with Crippen LogP contribution < -0.4 is 15.4 Å². The van der Waals surface area contributed by atoms with Crippen LogP contribution in [0.3, 0.4) is 0 Å². The fourth-order valence-electron chi connectivity index (χ4n) is 2.17. The van der Waals surface area contributed by atoms with Crippen molar-refractivity contribution in [1.82, 2.24) is 20.8 Å². The van der Waals surface area contributed by atoms with E-state index in [1.54, 1.807) is 12.1 Å². The molecule has 28 heavy (non-hydrogen) atoms. The van der Waals surface area contributed by atoms with Crippen molar-refractivity contribution in [1.29, 1.82) is 0 Å². The average molecular weight is 505 g/mol. The van der Waals surface area contributed by atoms with Gasteiger partial charge < -0.3 is 19.9 Å². The second kappa shape index (κ2) is 11.2. The molecule has 0 aliphatic heterocycles. The number of aromatic nitrogens is 2. The first-order valence-electron chi connectivity index (χ1n) is 9.05. The van der Waals surface area contributed by atoms with E-state index in [0.29, 0.717) is 43.1 Å². The lowest BCUT2D eigenvalue weighted by Crippen LogP contribution is -2.41. The van der Waals surface area contributed by atoms with Crippen LogP contribution in [-0.2, 0) is 12.0 Å². The van der Waals surface area contributed by atoms with Gasteiger partial charge in [0.15, 0.2) is 11.8 Å². The fraction of sp³-hybridized carbons (Fsp3) is 0.526.